The van der Waals surface area contributed by atoms with Crippen molar-refractivity contribution >= 4 is 33.4 Å². The van der Waals surface area contributed by atoms with Gasteiger partial charge in [-0.05, 0) is 29.2 Å². The normalized spacial score (nSPS) is 10.6. The molecule has 3 rings (SSSR count). The van der Waals surface area contributed by atoms with Crippen molar-refractivity contribution < 1.29 is 9.53 Å². The number of hydrogen-bond acceptors (Lipinski definition) is 5. The minimum absolute atomic E-state index is 0.254. The Balaban J connectivity index is 1.82. The second-order valence-corrected chi connectivity index (χ2v) is 5.09. The van der Waals surface area contributed by atoms with Gasteiger partial charge in [0.05, 0.1) is 10.3 Å². The van der Waals surface area contributed by atoms with Gasteiger partial charge in [-0.2, -0.15) is 4.37 Å². The number of rotatable bonds is 3. The fourth-order valence-electron chi connectivity index (χ4n) is 1.94. The van der Waals surface area contributed by atoms with Crippen molar-refractivity contribution in [2.45, 2.75) is 6.61 Å². The van der Waals surface area contributed by atoms with Crippen LogP contribution in [0.1, 0.15) is 15.9 Å². The molecule has 100 valence electrons. The largest absolute Gasteiger partial charge is 0.457 e. The number of ether oxygens (including phenoxy) is 1. The first-order valence-corrected chi connectivity index (χ1v) is 6.88. The van der Waals surface area contributed by atoms with E-state index in [2.05, 4.69) is 4.37 Å². The third-order valence-corrected chi connectivity index (χ3v) is 3.87. The van der Waals surface area contributed by atoms with Gasteiger partial charge in [-0.15, -0.1) is 0 Å². The molecule has 1 heterocycles. The molecule has 0 saturated carbocycles. The fraction of sp³-hybridized carbons (Fsp3) is 0.0667. The first kappa shape index (κ1) is 12.6. The van der Waals surface area contributed by atoms with Gasteiger partial charge in [-0.1, -0.05) is 36.4 Å². The van der Waals surface area contributed by atoms with Gasteiger partial charge >= 0.3 is 5.97 Å². The SMILES string of the molecule is Nc1nsc2c(C(=O)OCc3ccccc3)cccc12. The van der Waals surface area contributed by atoms with Crippen molar-refractivity contribution in [3.05, 3.63) is 59.7 Å². The Morgan fingerprint density at radius 1 is 1.15 bits per heavy atom. The second-order valence-electron chi connectivity index (χ2n) is 4.31. The molecule has 0 aliphatic heterocycles. The summed E-state index contributed by atoms with van der Waals surface area (Å²) in [7, 11) is 0. The van der Waals surface area contributed by atoms with Crippen LogP contribution >= 0.6 is 11.5 Å². The molecule has 0 aliphatic rings. The number of benzene rings is 2. The summed E-state index contributed by atoms with van der Waals surface area (Å²) in [5, 5.41) is 0.796. The third kappa shape index (κ3) is 2.35. The fourth-order valence-corrected chi connectivity index (χ4v) is 2.75. The highest BCUT2D eigenvalue weighted by molar-refractivity contribution is 7.14. The minimum atomic E-state index is -0.358. The lowest BCUT2D eigenvalue weighted by Gasteiger charge is -2.05. The molecule has 20 heavy (non-hydrogen) atoms. The molecule has 0 aliphatic carbocycles. The van der Waals surface area contributed by atoms with Crippen LogP contribution in [0.4, 0.5) is 5.82 Å². The average molecular weight is 284 g/mol. The first-order chi connectivity index (χ1) is 9.75. The smallest absolute Gasteiger partial charge is 0.339 e. The van der Waals surface area contributed by atoms with E-state index in [-0.39, 0.29) is 12.6 Å². The maximum atomic E-state index is 12.2. The van der Waals surface area contributed by atoms with Gasteiger partial charge in [0.2, 0.25) is 0 Å². The zero-order valence-electron chi connectivity index (χ0n) is 10.6. The van der Waals surface area contributed by atoms with Gasteiger partial charge in [0.25, 0.3) is 0 Å². The second kappa shape index (κ2) is 5.30. The monoisotopic (exact) mass is 284 g/mol. The van der Waals surface area contributed by atoms with Gasteiger partial charge in [0, 0.05) is 5.39 Å². The van der Waals surface area contributed by atoms with Crippen molar-refractivity contribution in [3.63, 3.8) is 0 Å². The van der Waals surface area contributed by atoms with Gasteiger partial charge in [-0.25, -0.2) is 4.79 Å². The number of nitrogen functional groups attached to an aromatic ring is 1. The zero-order chi connectivity index (χ0) is 13.9. The van der Waals surface area contributed by atoms with Gasteiger partial charge in [-0.3, -0.25) is 0 Å². The molecule has 3 aromatic rings. The van der Waals surface area contributed by atoms with E-state index in [9.17, 15) is 4.79 Å². The Labute approximate surface area is 120 Å². The summed E-state index contributed by atoms with van der Waals surface area (Å²) >= 11 is 1.21. The Hall–Kier alpha value is -2.40. The molecule has 0 saturated heterocycles. The zero-order valence-corrected chi connectivity index (χ0v) is 11.4. The Morgan fingerprint density at radius 2 is 1.95 bits per heavy atom. The van der Waals surface area contributed by atoms with Crippen molar-refractivity contribution in [1.29, 1.82) is 0 Å². The third-order valence-electron chi connectivity index (χ3n) is 2.96. The van der Waals surface area contributed by atoms with Crippen LogP contribution in [0.2, 0.25) is 0 Å². The molecule has 2 aromatic carbocycles. The molecule has 0 fully saturated rings. The van der Waals surface area contributed by atoms with E-state index in [4.69, 9.17) is 10.5 Å². The van der Waals surface area contributed by atoms with E-state index in [0.717, 1.165) is 15.6 Å². The van der Waals surface area contributed by atoms with Crippen LogP contribution in [-0.2, 0) is 11.3 Å². The number of nitrogens with zero attached hydrogens (tertiary/aromatic N) is 1. The predicted octanol–water partition coefficient (Wildman–Crippen LogP) is 3.24. The van der Waals surface area contributed by atoms with Crippen LogP contribution in [0, 0.1) is 0 Å². The molecule has 0 unspecified atom stereocenters. The van der Waals surface area contributed by atoms with E-state index in [0.29, 0.717) is 11.4 Å². The molecule has 0 bridgehead atoms. The molecule has 0 amide bonds. The number of nitrogens with two attached hydrogens (primary N) is 1. The van der Waals surface area contributed by atoms with E-state index in [1.54, 1.807) is 12.1 Å². The summed E-state index contributed by atoms with van der Waals surface area (Å²) in [6.45, 7) is 0.254. The number of carbonyl (C=O) groups is 1. The summed E-state index contributed by atoms with van der Waals surface area (Å²) in [6, 6.07) is 14.9. The van der Waals surface area contributed by atoms with Crippen LogP contribution in [0.25, 0.3) is 10.1 Å². The molecule has 0 spiro atoms. The lowest BCUT2D eigenvalue weighted by molar-refractivity contribution is 0.0475. The van der Waals surface area contributed by atoms with Crippen LogP contribution in [-0.4, -0.2) is 10.3 Å². The van der Waals surface area contributed by atoms with Crippen LogP contribution in [0.3, 0.4) is 0 Å². The van der Waals surface area contributed by atoms with Gasteiger partial charge in [0.1, 0.15) is 12.4 Å². The molecule has 5 heteroatoms. The van der Waals surface area contributed by atoms with E-state index in [1.165, 1.54) is 11.5 Å². The highest BCUT2D eigenvalue weighted by Crippen LogP contribution is 2.28. The Morgan fingerprint density at radius 3 is 2.75 bits per heavy atom. The highest BCUT2D eigenvalue weighted by atomic mass is 32.1. The molecular weight excluding hydrogens is 272 g/mol. The molecule has 0 atom stereocenters. The van der Waals surface area contributed by atoms with Crippen molar-refractivity contribution in [2.24, 2.45) is 0 Å². The number of aromatic nitrogens is 1. The van der Waals surface area contributed by atoms with Crippen molar-refractivity contribution in [2.75, 3.05) is 5.73 Å². The first-order valence-electron chi connectivity index (χ1n) is 6.10. The van der Waals surface area contributed by atoms with Crippen molar-refractivity contribution in [3.8, 4) is 0 Å². The van der Waals surface area contributed by atoms with Crippen LogP contribution < -0.4 is 5.73 Å². The minimum Gasteiger partial charge on any atom is -0.457 e. The number of carbonyl (C=O) groups excluding carboxylic acids is 1. The van der Waals surface area contributed by atoms with Crippen molar-refractivity contribution in [1.82, 2.24) is 4.37 Å². The standard InChI is InChI=1S/C15H12N2O2S/c16-14-11-7-4-8-12(13(11)20-17-14)15(18)19-9-10-5-2-1-3-6-10/h1-8H,9H2,(H2,16,17). The number of fused-ring (bicyclic) bond motifs is 1. The molecule has 0 radical (unpaired) electrons. The quantitative estimate of drug-likeness (QED) is 0.750. The van der Waals surface area contributed by atoms with E-state index < -0.39 is 0 Å². The summed E-state index contributed by atoms with van der Waals surface area (Å²) in [4.78, 5) is 12.2. The van der Waals surface area contributed by atoms with Gasteiger partial charge < -0.3 is 10.5 Å². The summed E-state index contributed by atoms with van der Waals surface area (Å²) in [6.07, 6.45) is 0. The van der Waals surface area contributed by atoms with E-state index in [1.807, 2.05) is 36.4 Å². The lowest BCUT2D eigenvalue weighted by atomic mass is 10.1. The van der Waals surface area contributed by atoms with Gasteiger partial charge in [0.15, 0.2) is 0 Å². The topological polar surface area (TPSA) is 65.2 Å². The number of anilines is 1. The Kier molecular flexibility index (Phi) is 3.35. The Bertz CT molecular complexity index is 753. The van der Waals surface area contributed by atoms with E-state index >= 15 is 0 Å². The maximum absolute atomic E-state index is 12.2. The van der Waals surface area contributed by atoms with Crippen LogP contribution in [0.5, 0.6) is 0 Å². The summed E-state index contributed by atoms with van der Waals surface area (Å²) < 4.78 is 10.2. The predicted molar refractivity (Wildman–Crippen MR) is 79.6 cm³/mol. The molecule has 4 nitrogen and oxygen atoms in total. The van der Waals surface area contributed by atoms with Crippen LogP contribution in [0.15, 0.2) is 48.5 Å². The number of hydrogen-bond donors (Lipinski definition) is 1. The molecule has 2 N–H and O–H groups in total. The maximum Gasteiger partial charge on any atom is 0.339 e. The summed E-state index contributed by atoms with van der Waals surface area (Å²) in [5.74, 6) is 0.0887. The average Bonchev–Trinajstić information content (AvgIpc) is 2.87. The molecule has 1 aromatic heterocycles. The number of esters is 1. The lowest BCUT2D eigenvalue weighted by Crippen LogP contribution is -2.05. The summed E-state index contributed by atoms with van der Waals surface area (Å²) in [5.41, 5.74) is 7.22. The molecular formula is C15H12N2O2S. The highest BCUT2D eigenvalue weighted by Gasteiger charge is 2.14.